The molecule has 1 amide bonds. The van der Waals surface area contributed by atoms with Crippen LogP contribution in [0.3, 0.4) is 0 Å². The van der Waals surface area contributed by atoms with E-state index in [1.165, 1.54) is 12.1 Å². The SMILES string of the molecule is O=C(CS)Nc1cc(Cl)c(Cl)c(Cl)c1. The van der Waals surface area contributed by atoms with Gasteiger partial charge in [0.05, 0.1) is 20.8 Å². The second kappa shape index (κ2) is 5.12. The lowest BCUT2D eigenvalue weighted by molar-refractivity contribution is -0.113. The number of anilines is 1. The number of carbonyl (C=O) groups is 1. The molecule has 0 aliphatic rings. The molecular weight excluding hydrogens is 265 g/mol. The molecule has 0 aliphatic carbocycles. The van der Waals surface area contributed by atoms with E-state index < -0.39 is 0 Å². The minimum atomic E-state index is -0.234. The molecule has 1 N–H and O–H groups in total. The van der Waals surface area contributed by atoms with Crippen LogP contribution in [0.1, 0.15) is 0 Å². The van der Waals surface area contributed by atoms with Crippen molar-refractivity contribution in [3.05, 3.63) is 27.2 Å². The number of thiol groups is 1. The molecule has 0 radical (unpaired) electrons. The number of carbonyl (C=O) groups excluding carboxylic acids is 1. The summed E-state index contributed by atoms with van der Waals surface area (Å²) in [7, 11) is 0. The van der Waals surface area contributed by atoms with Crippen LogP contribution in [0, 0.1) is 0 Å². The Kier molecular flexibility index (Phi) is 4.38. The Hall–Kier alpha value is -0.0900. The van der Waals surface area contributed by atoms with E-state index in [2.05, 4.69) is 17.9 Å². The highest BCUT2D eigenvalue weighted by Crippen LogP contribution is 2.32. The van der Waals surface area contributed by atoms with Gasteiger partial charge in [0, 0.05) is 5.69 Å². The van der Waals surface area contributed by atoms with Crippen LogP contribution in [-0.4, -0.2) is 11.7 Å². The minimum absolute atomic E-state index is 0.0951. The summed E-state index contributed by atoms with van der Waals surface area (Å²) in [6, 6.07) is 3.05. The molecule has 0 saturated heterocycles. The molecule has 1 rings (SSSR count). The molecule has 0 aliphatic heterocycles. The van der Waals surface area contributed by atoms with E-state index in [1.54, 1.807) is 0 Å². The third-order valence-electron chi connectivity index (χ3n) is 1.41. The summed E-state index contributed by atoms with van der Waals surface area (Å²) in [6.07, 6.45) is 0. The van der Waals surface area contributed by atoms with Gasteiger partial charge in [0.1, 0.15) is 0 Å². The van der Waals surface area contributed by atoms with E-state index in [0.717, 1.165) is 0 Å². The predicted octanol–water partition coefficient (Wildman–Crippen LogP) is 3.52. The zero-order chi connectivity index (χ0) is 10.7. The van der Waals surface area contributed by atoms with Crippen molar-refractivity contribution < 1.29 is 4.79 Å². The molecule has 0 spiro atoms. The molecule has 6 heteroatoms. The van der Waals surface area contributed by atoms with Gasteiger partial charge in [0.2, 0.25) is 5.91 Å². The molecule has 2 nitrogen and oxygen atoms in total. The van der Waals surface area contributed by atoms with E-state index in [1.807, 2.05) is 0 Å². The van der Waals surface area contributed by atoms with Crippen LogP contribution in [0.25, 0.3) is 0 Å². The lowest BCUT2D eigenvalue weighted by Crippen LogP contribution is -2.12. The third-order valence-corrected chi connectivity index (χ3v) is 2.90. The van der Waals surface area contributed by atoms with Gasteiger partial charge in [0.25, 0.3) is 0 Å². The van der Waals surface area contributed by atoms with Gasteiger partial charge in [-0.1, -0.05) is 34.8 Å². The van der Waals surface area contributed by atoms with Gasteiger partial charge in [-0.3, -0.25) is 4.79 Å². The number of benzene rings is 1. The van der Waals surface area contributed by atoms with Crippen LogP contribution in [0.4, 0.5) is 5.69 Å². The standard InChI is InChI=1S/C8H6Cl3NOS/c9-5-1-4(12-7(13)3-14)2-6(10)8(5)11/h1-2,14H,3H2,(H,12,13). The molecule has 0 unspecified atom stereocenters. The summed E-state index contributed by atoms with van der Waals surface area (Å²) in [4.78, 5) is 11.0. The van der Waals surface area contributed by atoms with E-state index in [0.29, 0.717) is 15.7 Å². The first-order valence-corrected chi connectivity index (χ1v) is 5.36. The smallest absolute Gasteiger partial charge is 0.234 e. The highest BCUT2D eigenvalue weighted by Gasteiger charge is 2.07. The second-order valence-corrected chi connectivity index (χ2v) is 3.97. The summed E-state index contributed by atoms with van der Waals surface area (Å²) < 4.78 is 0. The van der Waals surface area contributed by atoms with Crippen molar-refractivity contribution in [2.24, 2.45) is 0 Å². The van der Waals surface area contributed by atoms with E-state index in [4.69, 9.17) is 34.8 Å². The molecule has 1 aromatic carbocycles. The molecule has 0 atom stereocenters. The summed E-state index contributed by atoms with van der Waals surface area (Å²) in [5.41, 5.74) is 0.503. The normalized spacial score (nSPS) is 10.0. The lowest BCUT2D eigenvalue weighted by Gasteiger charge is -2.06. The Balaban J connectivity index is 2.95. The van der Waals surface area contributed by atoms with Crippen LogP contribution in [0.5, 0.6) is 0 Å². The first-order chi connectivity index (χ1) is 6.54. The molecule has 0 saturated carbocycles. The van der Waals surface area contributed by atoms with Crippen molar-refractivity contribution in [2.45, 2.75) is 0 Å². The second-order valence-electron chi connectivity index (χ2n) is 2.46. The predicted molar refractivity (Wildman–Crippen MR) is 64.0 cm³/mol. The van der Waals surface area contributed by atoms with Gasteiger partial charge < -0.3 is 5.32 Å². The van der Waals surface area contributed by atoms with Crippen LogP contribution >= 0.6 is 47.4 Å². The van der Waals surface area contributed by atoms with Crippen LogP contribution in [-0.2, 0) is 4.79 Å². The fourth-order valence-corrected chi connectivity index (χ4v) is 1.50. The van der Waals surface area contributed by atoms with Crippen molar-refractivity contribution in [1.29, 1.82) is 0 Å². The molecule has 0 fully saturated rings. The van der Waals surface area contributed by atoms with Gasteiger partial charge in [-0.2, -0.15) is 12.6 Å². The Morgan fingerprint density at radius 1 is 1.29 bits per heavy atom. The number of rotatable bonds is 2. The zero-order valence-corrected chi connectivity index (χ0v) is 10.0. The summed E-state index contributed by atoms with van der Waals surface area (Å²) in [5, 5.41) is 3.43. The van der Waals surface area contributed by atoms with Gasteiger partial charge in [-0.15, -0.1) is 0 Å². The van der Waals surface area contributed by atoms with Gasteiger partial charge in [-0.25, -0.2) is 0 Å². The van der Waals surface area contributed by atoms with Crippen LogP contribution in [0.2, 0.25) is 15.1 Å². The van der Waals surface area contributed by atoms with Gasteiger partial charge in [-0.05, 0) is 12.1 Å². The quantitative estimate of drug-likeness (QED) is 0.625. The highest BCUT2D eigenvalue weighted by atomic mass is 35.5. The maximum atomic E-state index is 11.0. The zero-order valence-electron chi connectivity index (χ0n) is 6.85. The molecule has 14 heavy (non-hydrogen) atoms. The molecule has 0 heterocycles. The van der Waals surface area contributed by atoms with Gasteiger partial charge in [0.15, 0.2) is 0 Å². The number of hydrogen-bond donors (Lipinski definition) is 2. The molecule has 76 valence electrons. The minimum Gasteiger partial charge on any atom is -0.325 e. The molecule has 0 bridgehead atoms. The van der Waals surface area contributed by atoms with Crippen molar-refractivity contribution in [2.75, 3.05) is 11.1 Å². The average Bonchev–Trinajstić information content (AvgIpc) is 2.14. The van der Waals surface area contributed by atoms with Crippen molar-refractivity contribution >= 4 is 59.0 Å². The summed E-state index contributed by atoms with van der Waals surface area (Å²) in [6.45, 7) is 0. The first kappa shape index (κ1) is 12.0. The average molecular weight is 271 g/mol. The number of hydrogen-bond acceptors (Lipinski definition) is 2. The fourth-order valence-electron chi connectivity index (χ4n) is 0.828. The van der Waals surface area contributed by atoms with Crippen molar-refractivity contribution in [3.8, 4) is 0 Å². The number of nitrogens with one attached hydrogen (secondary N) is 1. The Morgan fingerprint density at radius 3 is 2.21 bits per heavy atom. The highest BCUT2D eigenvalue weighted by molar-refractivity contribution is 7.81. The van der Waals surface area contributed by atoms with Crippen LogP contribution < -0.4 is 5.32 Å². The summed E-state index contributed by atoms with van der Waals surface area (Å²) in [5.74, 6) is -0.138. The monoisotopic (exact) mass is 269 g/mol. The number of halogens is 3. The van der Waals surface area contributed by atoms with Crippen molar-refractivity contribution in [1.82, 2.24) is 0 Å². The largest absolute Gasteiger partial charge is 0.325 e. The Labute approximate surface area is 102 Å². The van der Waals surface area contributed by atoms with E-state index in [-0.39, 0.29) is 16.7 Å². The van der Waals surface area contributed by atoms with E-state index in [9.17, 15) is 4.79 Å². The first-order valence-electron chi connectivity index (χ1n) is 3.60. The molecule has 0 aromatic heterocycles. The van der Waals surface area contributed by atoms with Gasteiger partial charge >= 0.3 is 0 Å². The molecular formula is C8H6Cl3NOS. The Bertz CT molecular complexity index is 347. The maximum Gasteiger partial charge on any atom is 0.234 e. The Morgan fingerprint density at radius 2 is 1.79 bits per heavy atom. The third kappa shape index (κ3) is 2.95. The fraction of sp³-hybridized carbons (Fsp3) is 0.125. The number of amides is 1. The maximum absolute atomic E-state index is 11.0. The summed E-state index contributed by atoms with van der Waals surface area (Å²) >= 11 is 21.1. The molecule has 1 aromatic rings. The van der Waals surface area contributed by atoms with E-state index >= 15 is 0 Å². The van der Waals surface area contributed by atoms with Crippen molar-refractivity contribution in [3.63, 3.8) is 0 Å². The lowest BCUT2D eigenvalue weighted by atomic mass is 10.3. The van der Waals surface area contributed by atoms with Crippen LogP contribution in [0.15, 0.2) is 12.1 Å². The topological polar surface area (TPSA) is 29.1 Å².